The molecule has 1 aromatic heterocycles. The summed E-state index contributed by atoms with van der Waals surface area (Å²) in [6.45, 7) is 3.19. The Morgan fingerprint density at radius 3 is 2.35 bits per heavy atom. The maximum Gasteiger partial charge on any atom is 0.416 e. The zero-order valence-corrected chi connectivity index (χ0v) is 21.6. The van der Waals surface area contributed by atoms with Crippen LogP contribution in [-0.4, -0.2) is 39.8 Å². The number of aromatic nitrogens is 3. The van der Waals surface area contributed by atoms with E-state index < -0.39 is 36.0 Å². The normalized spacial score (nSPS) is 11.1. The molecule has 4 rings (SSSR count). The number of ether oxygens (including phenoxy) is 1. The first kappa shape index (κ1) is 28.0. The van der Waals surface area contributed by atoms with Crippen molar-refractivity contribution in [1.29, 1.82) is 5.26 Å². The molecule has 0 aliphatic heterocycles. The fourth-order valence-electron chi connectivity index (χ4n) is 4.10. The molecule has 1 heterocycles. The summed E-state index contributed by atoms with van der Waals surface area (Å²) in [5.74, 6) is -1.91. The van der Waals surface area contributed by atoms with Gasteiger partial charge in [0.1, 0.15) is 0 Å². The topological polar surface area (TPSA) is 101 Å². The summed E-state index contributed by atoms with van der Waals surface area (Å²) < 4.78 is 46.4. The molecule has 0 atom stereocenters. The fraction of sp³-hybridized carbons (Fsp3) is 0.207. The molecule has 0 fully saturated rings. The number of alkyl halides is 3. The van der Waals surface area contributed by atoms with Gasteiger partial charge in [0.15, 0.2) is 12.4 Å². The monoisotopic (exact) mass is 547 g/mol. The molecule has 3 aromatic carbocycles. The van der Waals surface area contributed by atoms with Gasteiger partial charge in [0, 0.05) is 17.8 Å². The molecule has 0 spiro atoms. The number of esters is 1. The molecule has 4 aromatic rings. The van der Waals surface area contributed by atoms with Gasteiger partial charge in [-0.1, -0.05) is 42.5 Å². The third-order valence-electron chi connectivity index (χ3n) is 5.83. The number of amides is 1. The predicted octanol–water partition coefficient (Wildman–Crippen LogP) is 5.67. The number of rotatable bonds is 8. The molecule has 11 heteroatoms. The first-order valence-electron chi connectivity index (χ1n) is 12.2. The largest absolute Gasteiger partial charge is 0.450 e. The Labute approximate surface area is 228 Å². The molecule has 1 amide bonds. The Balaban J connectivity index is 1.61. The Kier molecular flexibility index (Phi) is 8.29. The lowest BCUT2D eigenvalue weighted by molar-refractivity contribution is -0.137. The van der Waals surface area contributed by atoms with Crippen LogP contribution in [0.1, 0.15) is 33.7 Å². The van der Waals surface area contributed by atoms with Gasteiger partial charge in [-0.2, -0.15) is 18.4 Å². The van der Waals surface area contributed by atoms with Crippen LogP contribution in [0.5, 0.6) is 0 Å². The number of carbonyl (C=O) groups is 2. The SMILES string of the molecule is Cc1cc(C)cc(N(CCC#N)C(=O)COC(=O)c2nc(-c3ccccc3)n(-c3cccc(C(F)(F)F)c3)n2)c1. The summed E-state index contributed by atoms with van der Waals surface area (Å²) >= 11 is 0. The van der Waals surface area contributed by atoms with Crippen molar-refractivity contribution >= 4 is 17.6 Å². The van der Waals surface area contributed by atoms with Crippen LogP contribution < -0.4 is 4.90 Å². The molecule has 0 aliphatic rings. The lowest BCUT2D eigenvalue weighted by Crippen LogP contribution is -2.35. The Morgan fingerprint density at radius 1 is 1.00 bits per heavy atom. The van der Waals surface area contributed by atoms with Gasteiger partial charge in [-0.05, 0) is 55.3 Å². The molecule has 0 unspecified atom stereocenters. The molecular weight excluding hydrogens is 523 g/mol. The quantitative estimate of drug-likeness (QED) is 0.263. The number of hydrogen-bond donors (Lipinski definition) is 0. The van der Waals surface area contributed by atoms with Gasteiger partial charge in [0.05, 0.1) is 23.7 Å². The van der Waals surface area contributed by atoms with Crippen molar-refractivity contribution in [1.82, 2.24) is 14.8 Å². The van der Waals surface area contributed by atoms with Gasteiger partial charge in [-0.3, -0.25) is 4.79 Å². The van der Waals surface area contributed by atoms with Crippen LogP contribution in [-0.2, 0) is 15.7 Å². The minimum atomic E-state index is -4.58. The van der Waals surface area contributed by atoms with Crippen LogP contribution in [0.4, 0.5) is 18.9 Å². The molecular formula is C29H24F3N5O3. The van der Waals surface area contributed by atoms with E-state index in [2.05, 4.69) is 10.1 Å². The van der Waals surface area contributed by atoms with Crippen LogP contribution in [0.25, 0.3) is 17.1 Å². The van der Waals surface area contributed by atoms with E-state index in [1.807, 2.05) is 26.0 Å². The minimum Gasteiger partial charge on any atom is -0.450 e. The predicted molar refractivity (Wildman–Crippen MR) is 141 cm³/mol. The number of carbonyl (C=O) groups excluding carboxylic acids is 2. The van der Waals surface area contributed by atoms with Gasteiger partial charge in [-0.25, -0.2) is 14.5 Å². The van der Waals surface area contributed by atoms with Gasteiger partial charge in [0.2, 0.25) is 0 Å². The lowest BCUT2D eigenvalue weighted by atomic mass is 10.1. The van der Waals surface area contributed by atoms with Crippen LogP contribution in [0.15, 0.2) is 72.8 Å². The maximum atomic E-state index is 13.4. The van der Waals surface area contributed by atoms with E-state index >= 15 is 0 Å². The summed E-state index contributed by atoms with van der Waals surface area (Å²) in [5.41, 5.74) is 2.04. The van der Waals surface area contributed by atoms with Crippen LogP contribution in [0.3, 0.4) is 0 Å². The van der Waals surface area contributed by atoms with Crippen molar-refractivity contribution < 1.29 is 27.5 Å². The van der Waals surface area contributed by atoms with Crippen molar-refractivity contribution in [2.75, 3.05) is 18.1 Å². The molecule has 0 bridgehead atoms. The molecule has 8 nitrogen and oxygen atoms in total. The first-order chi connectivity index (χ1) is 19.1. The molecule has 0 saturated heterocycles. The Morgan fingerprint density at radius 2 is 1.70 bits per heavy atom. The number of halogens is 3. The van der Waals surface area contributed by atoms with Crippen molar-refractivity contribution in [2.45, 2.75) is 26.4 Å². The molecule has 0 radical (unpaired) electrons. The fourth-order valence-corrected chi connectivity index (χ4v) is 4.10. The molecule has 204 valence electrons. The van der Waals surface area contributed by atoms with E-state index in [0.717, 1.165) is 27.9 Å². The number of aryl methyl sites for hydroxylation is 2. The summed E-state index contributed by atoms with van der Waals surface area (Å²) in [5, 5.41) is 13.2. The smallest absolute Gasteiger partial charge is 0.416 e. The van der Waals surface area contributed by atoms with E-state index in [4.69, 9.17) is 10.00 Å². The number of nitrogens with zero attached hydrogens (tertiary/aromatic N) is 5. The molecule has 0 saturated carbocycles. The van der Waals surface area contributed by atoms with E-state index in [0.29, 0.717) is 11.3 Å². The average molecular weight is 548 g/mol. The van der Waals surface area contributed by atoms with E-state index in [-0.39, 0.29) is 24.5 Å². The number of nitriles is 1. The van der Waals surface area contributed by atoms with Gasteiger partial charge in [0.25, 0.3) is 11.7 Å². The summed E-state index contributed by atoms with van der Waals surface area (Å²) in [6, 6.07) is 20.5. The number of benzene rings is 3. The molecule has 0 aliphatic carbocycles. The Bertz CT molecular complexity index is 1560. The zero-order valence-electron chi connectivity index (χ0n) is 21.6. The molecule has 40 heavy (non-hydrogen) atoms. The summed E-state index contributed by atoms with van der Waals surface area (Å²) in [7, 11) is 0. The Hall–Kier alpha value is -4.98. The second-order valence-electron chi connectivity index (χ2n) is 8.96. The van der Waals surface area contributed by atoms with E-state index in [1.165, 1.54) is 17.0 Å². The summed E-state index contributed by atoms with van der Waals surface area (Å²) in [6.07, 6.45) is -4.52. The lowest BCUT2D eigenvalue weighted by Gasteiger charge is -2.22. The maximum absolute atomic E-state index is 13.4. The highest BCUT2D eigenvalue weighted by atomic mass is 19.4. The highest BCUT2D eigenvalue weighted by Crippen LogP contribution is 2.31. The van der Waals surface area contributed by atoms with Gasteiger partial charge in [-0.15, -0.1) is 5.10 Å². The van der Waals surface area contributed by atoms with Crippen LogP contribution in [0.2, 0.25) is 0 Å². The third-order valence-corrected chi connectivity index (χ3v) is 5.83. The highest BCUT2D eigenvalue weighted by molar-refractivity contribution is 5.96. The zero-order chi connectivity index (χ0) is 28.9. The van der Waals surface area contributed by atoms with E-state index in [1.54, 1.807) is 42.5 Å². The van der Waals surface area contributed by atoms with E-state index in [9.17, 15) is 22.8 Å². The minimum absolute atomic E-state index is 0.0359. The van der Waals surface area contributed by atoms with Crippen molar-refractivity contribution in [2.24, 2.45) is 0 Å². The number of hydrogen-bond acceptors (Lipinski definition) is 6. The third kappa shape index (κ3) is 6.53. The van der Waals surface area contributed by atoms with Crippen LogP contribution in [0, 0.1) is 25.2 Å². The van der Waals surface area contributed by atoms with Crippen LogP contribution >= 0.6 is 0 Å². The van der Waals surface area contributed by atoms with Gasteiger partial charge < -0.3 is 9.64 Å². The van der Waals surface area contributed by atoms with Crippen molar-refractivity contribution in [3.63, 3.8) is 0 Å². The van der Waals surface area contributed by atoms with Crippen molar-refractivity contribution in [3.05, 3.63) is 95.3 Å². The molecule has 0 N–H and O–H groups in total. The van der Waals surface area contributed by atoms with Crippen molar-refractivity contribution in [3.8, 4) is 23.1 Å². The standard InChI is InChI=1S/C29H24F3N5O3/c1-19-14-20(2)16-24(15-19)36(13-7-12-33)25(38)18-40-28(39)26-34-27(21-8-4-3-5-9-21)37(35-26)23-11-6-10-22(17-23)29(30,31)32/h3-6,8-11,14-17H,7,13,18H2,1-2H3. The van der Waals surface area contributed by atoms with Gasteiger partial charge >= 0.3 is 12.1 Å². The highest BCUT2D eigenvalue weighted by Gasteiger charge is 2.31. The average Bonchev–Trinajstić information content (AvgIpc) is 3.37. The number of anilines is 1. The second kappa shape index (κ2) is 11.8. The summed E-state index contributed by atoms with van der Waals surface area (Å²) in [4.78, 5) is 31.6. The second-order valence-corrected chi connectivity index (χ2v) is 8.96. The first-order valence-corrected chi connectivity index (χ1v) is 12.2.